The third-order valence-electron chi connectivity index (χ3n) is 6.89. The van der Waals surface area contributed by atoms with Crippen molar-refractivity contribution >= 4 is 23.4 Å². The van der Waals surface area contributed by atoms with E-state index in [1.165, 1.54) is 4.90 Å². The van der Waals surface area contributed by atoms with Crippen LogP contribution in [0.4, 0.5) is 5.69 Å². The third kappa shape index (κ3) is 2.47. The second-order valence-electron chi connectivity index (χ2n) is 8.54. The minimum absolute atomic E-state index is 0.00947. The van der Waals surface area contributed by atoms with Crippen LogP contribution in [0.1, 0.15) is 36.5 Å². The molecule has 1 saturated carbocycles. The van der Waals surface area contributed by atoms with E-state index in [2.05, 4.69) is 19.1 Å². The van der Waals surface area contributed by atoms with Crippen molar-refractivity contribution in [2.45, 2.75) is 26.2 Å². The first-order chi connectivity index (χ1) is 13.0. The first kappa shape index (κ1) is 16.7. The fourth-order valence-electron chi connectivity index (χ4n) is 5.33. The van der Waals surface area contributed by atoms with Gasteiger partial charge in [0.2, 0.25) is 11.8 Å². The molecule has 0 radical (unpaired) electrons. The summed E-state index contributed by atoms with van der Waals surface area (Å²) >= 11 is 0. The van der Waals surface area contributed by atoms with Crippen molar-refractivity contribution in [1.82, 2.24) is 4.90 Å². The first-order valence-corrected chi connectivity index (χ1v) is 10.00. The monoisotopic (exact) mass is 364 g/mol. The number of allylic oxidation sites excluding steroid dienone is 2. The summed E-state index contributed by atoms with van der Waals surface area (Å²) in [6.07, 6.45) is 7.16. The van der Waals surface area contributed by atoms with Crippen molar-refractivity contribution < 1.29 is 14.4 Å². The highest BCUT2D eigenvalue weighted by atomic mass is 16.2. The molecule has 2 aliphatic carbocycles. The van der Waals surface area contributed by atoms with Crippen LogP contribution in [0.3, 0.4) is 0 Å². The number of amides is 3. The van der Waals surface area contributed by atoms with Gasteiger partial charge in [0.05, 0.1) is 17.5 Å². The van der Waals surface area contributed by atoms with Gasteiger partial charge in [0.25, 0.3) is 5.91 Å². The molecule has 5 rings (SSSR count). The molecule has 5 nitrogen and oxygen atoms in total. The smallest absolute Gasteiger partial charge is 0.253 e. The van der Waals surface area contributed by atoms with Gasteiger partial charge in [0, 0.05) is 18.7 Å². The van der Waals surface area contributed by atoms with Crippen LogP contribution in [0, 0.1) is 29.6 Å². The lowest BCUT2D eigenvalue weighted by atomic mass is 9.85. The second-order valence-corrected chi connectivity index (χ2v) is 8.54. The van der Waals surface area contributed by atoms with Gasteiger partial charge in [-0.3, -0.25) is 14.4 Å². The van der Waals surface area contributed by atoms with Crippen LogP contribution in [-0.2, 0) is 9.59 Å². The highest BCUT2D eigenvalue weighted by molar-refractivity contribution is 6.23. The molecule has 0 aromatic heterocycles. The molecule has 2 saturated heterocycles. The molecule has 0 spiro atoms. The lowest BCUT2D eigenvalue weighted by Crippen LogP contribution is -2.38. The Bertz CT molecular complexity index is 823. The average molecular weight is 364 g/mol. The predicted octanol–water partition coefficient (Wildman–Crippen LogP) is 2.87. The standard InChI is InChI=1S/C22H24N2O3/c1-13-7-9-23(10-8-13)20(25)16-3-2-4-17(12-16)24-21(26)18-14-5-6-15(11-14)19(18)22(24)27/h2-6,12-15,18-19H,7-11H2,1H3/t14-,15-,18-,19+/m0/s1. The minimum Gasteiger partial charge on any atom is -0.339 e. The van der Waals surface area contributed by atoms with Gasteiger partial charge >= 0.3 is 0 Å². The second kappa shape index (κ2) is 6.04. The lowest BCUT2D eigenvalue weighted by Gasteiger charge is -2.30. The van der Waals surface area contributed by atoms with E-state index in [9.17, 15) is 14.4 Å². The Morgan fingerprint density at radius 1 is 1.00 bits per heavy atom. The Kier molecular flexibility index (Phi) is 3.74. The molecule has 1 aromatic rings. The normalized spacial score (nSPS) is 32.5. The number of piperidine rings is 1. The summed E-state index contributed by atoms with van der Waals surface area (Å²) in [5, 5.41) is 0. The number of carbonyl (C=O) groups excluding carboxylic acids is 3. The quantitative estimate of drug-likeness (QED) is 0.599. The molecule has 1 aromatic carbocycles. The van der Waals surface area contributed by atoms with Crippen LogP contribution in [0.15, 0.2) is 36.4 Å². The Morgan fingerprint density at radius 2 is 1.63 bits per heavy atom. The first-order valence-electron chi connectivity index (χ1n) is 10.00. The zero-order valence-electron chi connectivity index (χ0n) is 15.5. The fraction of sp³-hybridized carbons (Fsp3) is 0.500. The maximum atomic E-state index is 13.0. The van der Waals surface area contributed by atoms with Crippen LogP contribution in [0.5, 0.6) is 0 Å². The summed E-state index contributed by atoms with van der Waals surface area (Å²) in [6.45, 7) is 3.75. The van der Waals surface area contributed by atoms with Gasteiger partial charge < -0.3 is 4.90 Å². The summed E-state index contributed by atoms with van der Waals surface area (Å²) in [4.78, 5) is 42.0. The molecule has 4 aliphatic rings. The number of benzene rings is 1. The molecule has 3 fully saturated rings. The molecule has 140 valence electrons. The van der Waals surface area contributed by atoms with Gasteiger partial charge in [-0.2, -0.15) is 0 Å². The third-order valence-corrected chi connectivity index (χ3v) is 6.89. The van der Waals surface area contributed by atoms with Gasteiger partial charge in [-0.15, -0.1) is 0 Å². The number of hydrogen-bond donors (Lipinski definition) is 0. The van der Waals surface area contributed by atoms with E-state index in [0.717, 1.165) is 32.4 Å². The van der Waals surface area contributed by atoms with Crippen LogP contribution in [-0.4, -0.2) is 35.7 Å². The van der Waals surface area contributed by atoms with Crippen molar-refractivity contribution in [3.63, 3.8) is 0 Å². The van der Waals surface area contributed by atoms with E-state index in [1.807, 2.05) is 4.90 Å². The maximum Gasteiger partial charge on any atom is 0.253 e. The number of likely N-dealkylation sites (tertiary alicyclic amines) is 1. The van der Waals surface area contributed by atoms with E-state index in [-0.39, 0.29) is 41.4 Å². The Morgan fingerprint density at radius 3 is 2.26 bits per heavy atom. The van der Waals surface area contributed by atoms with E-state index in [4.69, 9.17) is 0 Å². The molecule has 3 amide bonds. The molecule has 0 N–H and O–H groups in total. The number of anilines is 1. The molecule has 2 aliphatic heterocycles. The predicted molar refractivity (Wildman–Crippen MR) is 101 cm³/mol. The van der Waals surface area contributed by atoms with Gasteiger partial charge in [0.1, 0.15) is 0 Å². The van der Waals surface area contributed by atoms with Crippen LogP contribution < -0.4 is 4.90 Å². The molecular weight excluding hydrogens is 340 g/mol. The fourth-order valence-corrected chi connectivity index (χ4v) is 5.33. The van der Waals surface area contributed by atoms with E-state index in [1.54, 1.807) is 24.3 Å². The molecule has 4 atom stereocenters. The van der Waals surface area contributed by atoms with Crippen LogP contribution in [0.25, 0.3) is 0 Å². The van der Waals surface area contributed by atoms with E-state index >= 15 is 0 Å². The number of hydrogen-bond acceptors (Lipinski definition) is 3. The van der Waals surface area contributed by atoms with E-state index in [0.29, 0.717) is 17.2 Å². The van der Waals surface area contributed by atoms with Crippen molar-refractivity contribution in [3.05, 3.63) is 42.0 Å². The van der Waals surface area contributed by atoms with Gasteiger partial charge in [0.15, 0.2) is 0 Å². The van der Waals surface area contributed by atoms with Gasteiger partial charge in [-0.05, 0) is 55.2 Å². The number of carbonyl (C=O) groups is 3. The summed E-state index contributed by atoms with van der Waals surface area (Å²) in [6, 6.07) is 7.03. The Labute approximate surface area is 159 Å². The van der Waals surface area contributed by atoms with Crippen molar-refractivity contribution in [2.75, 3.05) is 18.0 Å². The highest BCUT2D eigenvalue weighted by Gasteiger charge is 2.59. The van der Waals surface area contributed by atoms with Crippen molar-refractivity contribution in [3.8, 4) is 0 Å². The number of fused-ring (bicyclic) bond motifs is 5. The largest absolute Gasteiger partial charge is 0.339 e. The van der Waals surface area contributed by atoms with Crippen molar-refractivity contribution in [1.29, 1.82) is 0 Å². The topological polar surface area (TPSA) is 57.7 Å². The van der Waals surface area contributed by atoms with Gasteiger partial charge in [-0.1, -0.05) is 25.1 Å². The molecule has 5 heteroatoms. The molecule has 2 bridgehead atoms. The average Bonchev–Trinajstić information content (AvgIpc) is 3.36. The SMILES string of the molecule is CC1CCN(C(=O)c2cccc(N3C(=O)[C@@H]4[C@H](C3=O)[C@H]3C=C[C@H]4C3)c2)CC1. The number of nitrogens with zero attached hydrogens (tertiary/aromatic N) is 2. The molecule has 0 unspecified atom stereocenters. The maximum absolute atomic E-state index is 13.0. The van der Waals surface area contributed by atoms with Crippen molar-refractivity contribution in [2.24, 2.45) is 29.6 Å². The highest BCUT2D eigenvalue weighted by Crippen LogP contribution is 2.53. The van der Waals surface area contributed by atoms with E-state index < -0.39 is 0 Å². The lowest BCUT2D eigenvalue weighted by molar-refractivity contribution is -0.123. The molecule has 2 heterocycles. The number of rotatable bonds is 2. The summed E-state index contributed by atoms with van der Waals surface area (Å²) in [5.41, 5.74) is 1.09. The molecule has 27 heavy (non-hydrogen) atoms. The Balaban J connectivity index is 1.41. The van der Waals surface area contributed by atoms with Crippen LogP contribution >= 0.6 is 0 Å². The Hall–Kier alpha value is -2.43. The minimum atomic E-state index is -0.213. The van der Waals surface area contributed by atoms with Gasteiger partial charge in [-0.25, -0.2) is 4.90 Å². The molecular formula is C22H24N2O3. The summed E-state index contributed by atoms with van der Waals surface area (Å²) in [7, 11) is 0. The summed E-state index contributed by atoms with van der Waals surface area (Å²) < 4.78 is 0. The zero-order valence-corrected chi connectivity index (χ0v) is 15.5. The van der Waals surface area contributed by atoms with Crippen LogP contribution in [0.2, 0.25) is 0 Å². The summed E-state index contributed by atoms with van der Waals surface area (Å²) in [5.74, 6) is 0.416. The number of imide groups is 1. The zero-order chi connectivity index (χ0) is 18.7.